The molecule has 4 rings (SSSR count). The number of hydrogen-bond donors (Lipinski definition) is 0. The van der Waals surface area contributed by atoms with E-state index in [0.29, 0.717) is 0 Å². The number of allylic oxidation sites excluding steroid dienone is 8. The average molecular weight is 422 g/mol. The zero-order chi connectivity index (χ0) is 17.6. The fraction of sp³-hybridized carbons (Fsp3) is 0. The number of benzene rings is 2. The summed E-state index contributed by atoms with van der Waals surface area (Å²) in [6.45, 7) is 0. The van der Waals surface area contributed by atoms with E-state index < -0.39 is 14.7 Å². The van der Waals surface area contributed by atoms with Crippen molar-refractivity contribution in [2.75, 3.05) is 0 Å². The van der Waals surface area contributed by atoms with E-state index in [2.05, 4.69) is 91.0 Å². The van der Waals surface area contributed by atoms with Crippen molar-refractivity contribution in [1.29, 1.82) is 0 Å². The second-order valence-corrected chi connectivity index (χ2v) is 13.2. The van der Waals surface area contributed by atoms with Gasteiger partial charge in [-0.25, -0.2) is 0 Å². The number of halogens is 3. The van der Waals surface area contributed by atoms with Crippen LogP contribution in [0.2, 0.25) is 0 Å². The first-order chi connectivity index (χ1) is 12.2. The molecule has 124 valence electrons. The summed E-state index contributed by atoms with van der Waals surface area (Å²) in [5, 5.41) is 0. The molecule has 0 atom stereocenters. The van der Waals surface area contributed by atoms with Gasteiger partial charge in [0.15, 0.2) is 0 Å². The van der Waals surface area contributed by atoms with Crippen LogP contribution in [-0.4, -0.2) is 0 Å². The molecule has 2 aromatic carbocycles. The molecule has 0 unspecified atom stereocenters. The SMILES string of the molecule is C1=C[C]2C(c3ccccc3)=CC(c3ccccc3)=C2C=C1.[Cl][Ti]([Cl])[Cl]. The van der Waals surface area contributed by atoms with E-state index in [9.17, 15) is 0 Å². The average Bonchev–Trinajstić information content (AvgIpc) is 3.02. The Morgan fingerprint density at radius 1 is 0.600 bits per heavy atom. The van der Waals surface area contributed by atoms with Gasteiger partial charge in [-0.1, -0.05) is 85.0 Å². The van der Waals surface area contributed by atoms with Crippen LogP contribution in [0.3, 0.4) is 0 Å². The maximum atomic E-state index is 4.97. The third-order valence-corrected chi connectivity index (χ3v) is 3.97. The van der Waals surface area contributed by atoms with Crippen LogP contribution in [0, 0.1) is 5.92 Å². The third-order valence-electron chi connectivity index (χ3n) is 3.97. The molecule has 4 heteroatoms. The van der Waals surface area contributed by atoms with Crippen molar-refractivity contribution in [1.82, 2.24) is 0 Å². The zero-order valence-electron chi connectivity index (χ0n) is 13.3. The molecule has 0 heterocycles. The summed E-state index contributed by atoms with van der Waals surface area (Å²) in [5.74, 6) is 1.32. The zero-order valence-corrected chi connectivity index (χ0v) is 17.1. The summed E-state index contributed by atoms with van der Waals surface area (Å²) < 4.78 is 0. The second kappa shape index (κ2) is 9.08. The first kappa shape index (κ1) is 18.8. The summed E-state index contributed by atoms with van der Waals surface area (Å²) in [7, 11) is 14.9. The molecule has 0 bridgehead atoms. The third kappa shape index (κ3) is 4.79. The van der Waals surface area contributed by atoms with E-state index in [0.717, 1.165) is 0 Å². The Morgan fingerprint density at radius 3 is 1.72 bits per heavy atom. The van der Waals surface area contributed by atoms with E-state index in [1.54, 1.807) is 0 Å². The van der Waals surface area contributed by atoms with Crippen LogP contribution < -0.4 is 0 Å². The second-order valence-electron chi connectivity index (χ2n) is 5.46. The fourth-order valence-corrected chi connectivity index (χ4v) is 2.97. The van der Waals surface area contributed by atoms with Crippen molar-refractivity contribution in [2.45, 2.75) is 0 Å². The molecule has 0 spiro atoms. The first-order valence-electron chi connectivity index (χ1n) is 7.79. The molecule has 0 saturated heterocycles. The van der Waals surface area contributed by atoms with Gasteiger partial charge in [0.05, 0.1) is 5.92 Å². The molecule has 0 amide bonds. The van der Waals surface area contributed by atoms with Gasteiger partial charge in [0.25, 0.3) is 0 Å². The number of rotatable bonds is 2. The van der Waals surface area contributed by atoms with Crippen LogP contribution in [-0.2, 0) is 14.7 Å². The minimum atomic E-state index is -1.92. The Balaban J connectivity index is 0.000000415. The van der Waals surface area contributed by atoms with Crippen molar-refractivity contribution in [3.8, 4) is 0 Å². The van der Waals surface area contributed by atoms with Crippen LogP contribution >= 0.6 is 27.9 Å². The maximum absolute atomic E-state index is 4.97. The van der Waals surface area contributed by atoms with E-state index in [1.807, 2.05) is 0 Å². The Bertz CT molecular complexity index is 831. The van der Waals surface area contributed by atoms with Crippen LogP contribution in [0.1, 0.15) is 11.1 Å². The molecule has 2 aliphatic carbocycles. The molecule has 0 N–H and O–H groups in total. The molecule has 1 radical (unpaired) electrons. The van der Waals surface area contributed by atoms with Crippen molar-refractivity contribution < 1.29 is 14.7 Å². The van der Waals surface area contributed by atoms with E-state index in [4.69, 9.17) is 27.9 Å². The van der Waals surface area contributed by atoms with Gasteiger partial charge in [0.2, 0.25) is 0 Å². The monoisotopic (exact) mass is 420 g/mol. The Kier molecular flexibility index (Phi) is 6.81. The molecule has 0 saturated carbocycles. The number of fused-ring (bicyclic) bond motifs is 1. The predicted octanol–water partition coefficient (Wildman–Crippen LogP) is 7.30. The Morgan fingerprint density at radius 2 is 1.12 bits per heavy atom. The van der Waals surface area contributed by atoms with Gasteiger partial charge in [0, 0.05) is 0 Å². The van der Waals surface area contributed by atoms with Crippen molar-refractivity contribution in [3.05, 3.63) is 114 Å². The van der Waals surface area contributed by atoms with Gasteiger partial charge in [-0.3, -0.25) is 0 Å². The van der Waals surface area contributed by atoms with Crippen LogP contribution in [0.15, 0.2) is 96.6 Å². The normalized spacial score (nSPS) is 15.4. The van der Waals surface area contributed by atoms with Crippen LogP contribution in [0.5, 0.6) is 0 Å². The summed E-state index contributed by atoms with van der Waals surface area (Å²) >= 11 is -1.92. The van der Waals surface area contributed by atoms with E-state index >= 15 is 0 Å². The van der Waals surface area contributed by atoms with Crippen LogP contribution in [0.25, 0.3) is 11.1 Å². The number of hydrogen-bond acceptors (Lipinski definition) is 0. The van der Waals surface area contributed by atoms with Crippen molar-refractivity contribution in [3.63, 3.8) is 0 Å². The van der Waals surface area contributed by atoms with Gasteiger partial charge in [-0.15, -0.1) is 0 Å². The topological polar surface area (TPSA) is 0 Å². The standard InChI is InChI=1S/C21H15.3ClH.Ti/c1-3-9-16(10-4-1)20-15-21(17-11-5-2-6-12-17)19-14-8-7-13-18(19)20;;;;/h1-15H;3*1H;/q;;;;+3/p-3. The molecule has 2 aromatic rings. The van der Waals surface area contributed by atoms with Crippen LogP contribution in [0.4, 0.5) is 0 Å². The molecule has 0 aliphatic heterocycles. The summed E-state index contributed by atoms with van der Waals surface area (Å²) in [6.07, 6.45) is 11.0. The van der Waals surface area contributed by atoms with Gasteiger partial charge in [-0.2, -0.15) is 0 Å². The predicted molar refractivity (Wildman–Crippen MR) is 107 cm³/mol. The van der Waals surface area contributed by atoms with E-state index in [-0.39, 0.29) is 0 Å². The molecule has 25 heavy (non-hydrogen) atoms. The summed E-state index contributed by atoms with van der Waals surface area (Å²) in [4.78, 5) is 0. The molecule has 0 nitrogen and oxygen atoms in total. The fourth-order valence-electron chi connectivity index (χ4n) is 2.97. The Labute approximate surface area is 166 Å². The first-order valence-corrected chi connectivity index (χ1v) is 14.2. The van der Waals surface area contributed by atoms with Gasteiger partial charge in [-0.05, 0) is 33.9 Å². The minimum absolute atomic E-state index is 1.27. The summed E-state index contributed by atoms with van der Waals surface area (Å²) in [5.41, 5.74) is 6.49. The summed E-state index contributed by atoms with van der Waals surface area (Å²) in [6, 6.07) is 21.2. The molecule has 2 aliphatic rings. The van der Waals surface area contributed by atoms with E-state index in [1.165, 1.54) is 33.8 Å². The molecule has 0 aromatic heterocycles. The van der Waals surface area contributed by atoms with Gasteiger partial charge < -0.3 is 0 Å². The molecular weight excluding hydrogens is 406 g/mol. The van der Waals surface area contributed by atoms with Crippen molar-refractivity contribution in [2.24, 2.45) is 0 Å². The quantitative estimate of drug-likeness (QED) is 0.446. The molecular formula is C21H15Cl3Ti. The van der Waals surface area contributed by atoms with Gasteiger partial charge in [0.1, 0.15) is 0 Å². The Hall–Kier alpha value is -1.02. The molecule has 0 fully saturated rings. The van der Waals surface area contributed by atoms with Crippen molar-refractivity contribution >= 4 is 39.1 Å². The van der Waals surface area contributed by atoms with Gasteiger partial charge >= 0.3 is 42.6 Å².